The molecule has 0 amide bonds. The van der Waals surface area contributed by atoms with Gasteiger partial charge in [-0.25, -0.2) is 4.79 Å². The Hall–Kier alpha value is -2.27. The molecule has 2 rings (SSSR count). The second kappa shape index (κ2) is 4.54. The topological polar surface area (TPSA) is 87.0 Å². The standard InChI is InChI=1S/C13H12O5/c1-18-13(17)12(16)11-9-6-8(14)4-2-7(9)3-5-10(11)15/h2-6,12,14-16H,1H3. The average Bonchev–Trinajstić information content (AvgIpc) is 2.36. The zero-order chi connectivity index (χ0) is 13.3. The van der Waals surface area contributed by atoms with Gasteiger partial charge < -0.3 is 20.1 Å². The second-order valence-corrected chi connectivity index (χ2v) is 3.83. The molecule has 0 aliphatic rings. The van der Waals surface area contributed by atoms with E-state index in [2.05, 4.69) is 4.74 Å². The van der Waals surface area contributed by atoms with Crippen LogP contribution >= 0.6 is 0 Å². The summed E-state index contributed by atoms with van der Waals surface area (Å²) in [5.74, 6) is -1.13. The lowest BCUT2D eigenvalue weighted by molar-refractivity contribution is -0.150. The van der Waals surface area contributed by atoms with Crippen molar-refractivity contribution in [2.45, 2.75) is 6.10 Å². The molecule has 94 valence electrons. The van der Waals surface area contributed by atoms with Gasteiger partial charge in [-0.3, -0.25) is 0 Å². The van der Waals surface area contributed by atoms with Gasteiger partial charge in [0, 0.05) is 5.56 Å². The summed E-state index contributed by atoms with van der Waals surface area (Å²) in [5.41, 5.74) is 0.0234. The molecule has 1 atom stereocenters. The van der Waals surface area contributed by atoms with Gasteiger partial charge in [0.2, 0.25) is 0 Å². The summed E-state index contributed by atoms with van der Waals surface area (Å²) >= 11 is 0. The summed E-state index contributed by atoms with van der Waals surface area (Å²) in [7, 11) is 1.14. The Morgan fingerprint density at radius 1 is 1.22 bits per heavy atom. The third-order valence-corrected chi connectivity index (χ3v) is 2.72. The number of rotatable bonds is 2. The molecular weight excluding hydrogens is 236 g/mol. The number of hydrogen-bond acceptors (Lipinski definition) is 5. The first-order valence-corrected chi connectivity index (χ1v) is 5.25. The molecule has 5 heteroatoms. The highest BCUT2D eigenvalue weighted by atomic mass is 16.5. The SMILES string of the molecule is COC(=O)C(O)c1c(O)ccc2ccc(O)cc12. The maximum atomic E-state index is 11.3. The summed E-state index contributed by atoms with van der Waals surface area (Å²) in [6, 6.07) is 7.47. The molecule has 2 aromatic rings. The summed E-state index contributed by atoms with van der Waals surface area (Å²) in [6.45, 7) is 0. The smallest absolute Gasteiger partial charge is 0.339 e. The van der Waals surface area contributed by atoms with Gasteiger partial charge in [-0.05, 0) is 29.0 Å². The van der Waals surface area contributed by atoms with Crippen LogP contribution in [0.25, 0.3) is 10.8 Å². The Morgan fingerprint density at radius 3 is 2.56 bits per heavy atom. The van der Waals surface area contributed by atoms with E-state index in [0.717, 1.165) is 7.11 Å². The van der Waals surface area contributed by atoms with Crippen molar-refractivity contribution < 1.29 is 24.9 Å². The van der Waals surface area contributed by atoms with Gasteiger partial charge in [0.25, 0.3) is 0 Å². The van der Waals surface area contributed by atoms with Gasteiger partial charge in [0.15, 0.2) is 6.10 Å². The number of carbonyl (C=O) groups excluding carboxylic acids is 1. The number of ether oxygens (including phenoxy) is 1. The third-order valence-electron chi connectivity index (χ3n) is 2.72. The van der Waals surface area contributed by atoms with Crippen LogP contribution in [0.5, 0.6) is 11.5 Å². The lowest BCUT2D eigenvalue weighted by atomic mass is 9.99. The van der Waals surface area contributed by atoms with Crippen LogP contribution in [0.1, 0.15) is 11.7 Å². The first kappa shape index (κ1) is 12.2. The molecule has 0 aliphatic carbocycles. The van der Waals surface area contributed by atoms with Crippen molar-refractivity contribution in [1.29, 1.82) is 0 Å². The van der Waals surface area contributed by atoms with Crippen LogP contribution in [0, 0.1) is 0 Å². The van der Waals surface area contributed by atoms with E-state index >= 15 is 0 Å². The van der Waals surface area contributed by atoms with Crippen molar-refractivity contribution in [3.63, 3.8) is 0 Å². The van der Waals surface area contributed by atoms with Gasteiger partial charge in [-0.1, -0.05) is 12.1 Å². The number of esters is 1. The normalized spacial score (nSPS) is 12.3. The van der Waals surface area contributed by atoms with E-state index in [1.165, 1.54) is 18.2 Å². The van der Waals surface area contributed by atoms with Crippen molar-refractivity contribution in [3.05, 3.63) is 35.9 Å². The Labute approximate surface area is 103 Å². The van der Waals surface area contributed by atoms with Crippen molar-refractivity contribution in [2.75, 3.05) is 7.11 Å². The molecule has 5 nitrogen and oxygen atoms in total. The number of methoxy groups -OCH3 is 1. The Bertz CT molecular complexity index is 600. The molecule has 0 aliphatic heterocycles. The van der Waals surface area contributed by atoms with Gasteiger partial charge in [0.1, 0.15) is 11.5 Å². The molecule has 0 saturated carbocycles. The molecule has 0 fully saturated rings. The van der Waals surface area contributed by atoms with E-state index in [1.807, 2.05) is 0 Å². The molecule has 0 bridgehead atoms. The molecule has 0 heterocycles. The molecule has 0 radical (unpaired) electrons. The Kier molecular flexibility index (Phi) is 3.08. The zero-order valence-corrected chi connectivity index (χ0v) is 9.62. The molecule has 1 unspecified atom stereocenters. The minimum absolute atomic E-state index is 0.0218. The predicted octanol–water partition coefficient (Wildman–Crippen LogP) is 1.46. The van der Waals surface area contributed by atoms with E-state index in [1.54, 1.807) is 12.1 Å². The summed E-state index contributed by atoms with van der Waals surface area (Å²) in [4.78, 5) is 11.3. The number of aromatic hydroxyl groups is 2. The van der Waals surface area contributed by atoms with Crippen molar-refractivity contribution in [2.24, 2.45) is 0 Å². The highest BCUT2D eigenvalue weighted by Gasteiger charge is 2.23. The summed E-state index contributed by atoms with van der Waals surface area (Å²) in [5, 5.41) is 30.1. The van der Waals surface area contributed by atoms with Crippen molar-refractivity contribution in [1.82, 2.24) is 0 Å². The lowest BCUT2D eigenvalue weighted by Gasteiger charge is -2.13. The fraction of sp³-hybridized carbons (Fsp3) is 0.154. The minimum atomic E-state index is -1.60. The number of fused-ring (bicyclic) bond motifs is 1. The van der Waals surface area contributed by atoms with Crippen LogP contribution in [0.2, 0.25) is 0 Å². The average molecular weight is 248 g/mol. The van der Waals surface area contributed by atoms with E-state index in [0.29, 0.717) is 10.8 Å². The van der Waals surface area contributed by atoms with Crippen LogP contribution in [-0.4, -0.2) is 28.4 Å². The van der Waals surface area contributed by atoms with E-state index in [9.17, 15) is 20.1 Å². The fourth-order valence-corrected chi connectivity index (χ4v) is 1.84. The highest BCUT2D eigenvalue weighted by molar-refractivity contribution is 5.93. The molecule has 3 N–H and O–H groups in total. The molecule has 18 heavy (non-hydrogen) atoms. The number of benzene rings is 2. The number of hydrogen-bond donors (Lipinski definition) is 3. The number of phenols is 2. The predicted molar refractivity (Wildman–Crippen MR) is 64.3 cm³/mol. The van der Waals surface area contributed by atoms with Crippen LogP contribution < -0.4 is 0 Å². The molecule has 2 aromatic carbocycles. The lowest BCUT2D eigenvalue weighted by Crippen LogP contribution is -2.14. The van der Waals surface area contributed by atoms with E-state index in [-0.39, 0.29) is 17.1 Å². The fourth-order valence-electron chi connectivity index (χ4n) is 1.84. The first-order chi connectivity index (χ1) is 8.54. The maximum absolute atomic E-state index is 11.3. The monoisotopic (exact) mass is 248 g/mol. The Balaban J connectivity index is 2.71. The molecular formula is C13H12O5. The van der Waals surface area contributed by atoms with Crippen LogP contribution in [-0.2, 0) is 9.53 Å². The zero-order valence-electron chi connectivity index (χ0n) is 9.62. The summed E-state index contributed by atoms with van der Waals surface area (Å²) < 4.78 is 4.44. The van der Waals surface area contributed by atoms with Crippen LogP contribution in [0.4, 0.5) is 0 Å². The number of aliphatic hydroxyl groups is 1. The van der Waals surface area contributed by atoms with Crippen LogP contribution in [0.15, 0.2) is 30.3 Å². The number of phenolic OH excluding ortho intramolecular Hbond substituents is 2. The van der Waals surface area contributed by atoms with Crippen molar-refractivity contribution in [3.8, 4) is 11.5 Å². The highest BCUT2D eigenvalue weighted by Crippen LogP contribution is 2.34. The van der Waals surface area contributed by atoms with Crippen molar-refractivity contribution >= 4 is 16.7 Å². The third kappa shape index (κ3) is 1.96. The molecule has 0 saturated heterocycles. The van der Waals surface area contributed by atoms with Gasteiger partial charge in [0.05, 0.1) is 7.11 Å². The van der Waals surface area contributed by atoms with Gasteiger partial charge in [-0.15, -0.1) is 0 Å². The maximum Gasteiger partial charge on any atom is 0.339 e. The van der Waals surface area contributed by atoms with Gasteiger partial charge >= 0.3 is 5.97 Å². The minimum Gasteiger partial charge on any atom is -0.508 e. The number of aliphatic hydroxyl groups excluding tert-OH is 1. The summed E-state index contributed by atoms with van der Waals surface area (Å²) in [6.07, 6.45) is -1.60. The van der Waals surface area contributed by atoms with Crippen LogP contribution in [0.3, 0.4) is 0 Å². The molecule has 0 spiro atoms. The largest absolute Gasteiger partial charge is 0.508 e. The first-order valence-electron chi connectivity index (χ1n) is 5.25. The molecule has 0 aromatic heterocycles. The van der Waals surface area contributed by atoms with E-state index < -0.39 is 12.1 Å². The quantitative estimate of drug-likeness (QED) is 0.700. The Morgan fingerprint density at radius 2 is 1.89 bits per heavy atom. The van der Waals surface area contributed by atoms with E-state index in [4.69, 9.17) is 0 Å². The van der Waals surface area contributed by atoms with Gasteiger partial charge in [-0.2, -0.15) is 0 Å². The number of carbonyl (C=O) groups is 1. The second-order valence-electron chi connectivity index (χ2n) is 3.83.